The Bertz CT molecular complexity index is 1270. The minimum Gasteiger partial charge on any atom is -0.495 e. The van der Waals surface area contributed by atoms with Gasteiger partial charge in [-0.2, -0.15) is 0 Å². The fraction of sp³-hybridized carbons (Fsp3) is 0.217. The Hall–Kier alpha value is -3.30. The van der Waals surface area contributed by atoms with Gasteiger partial charge < -0.3 is 13.9 Å². The number of nitrogens with zero attached hydrogens (tertiary/aromatic N) is 2. The van der Waals surface area contributed by atoms with Crippen LogP contribution in [0.3, 0.4) is 0 Å². The summed E-state index contributed by atoms with van der Waals surface area (Å²) in [6, 6.07) is 10.5. The summed E-state index contributed by atoms with van der Waals surface area (Å²) in [5.74, 6) is 0.406. The van der Waals surface area contributed by atoms with Crippen molar-refractivity contribution in [3.05, 3.63) is 83.1 Å². The number of carbonyl (C=O) groups excluding carboxylic acids is 1. The predicted molar refractivity (Wildman–Crippen MR) is 124 cm³/mol. The summed E-state index contributed by atoms with van der Waals surface area (Å²) in [5, 5.41) is 0.0475. The van der Waals surface area contributed by atoms with E-state index in [0.717, 1.165) is 4.31 Å². The summed E-state index contributed by atoms with van der Waals surface area (Å²) in [6.45, 7) is 6.93. The molecule has 3 rings (SSSR count). The van der Waals surface area contributed by atoms with Crippen LogP contribution in [0.15, 0.2) is 64.4 Å². The lowest BCUT2D eigenvalue weighted by Crippen LogP contribution is -2.31. The van der Waals surface area contributed by atoms with Gasteiger partial charge in [-0.15, -0.1) is 6.58 Å². The van der Waals surface area contributed by atoms with Crippen molar-refractivity contribution >= 4 is 33.3 Å². The largest absolute Gasteiger partial charge is 0.495 e. The van der Waals surface area contributed by atoms with Crippen molar-refractivity contribution in [3.63, 3.8) is 0 Å². The van der Waals surface area contributed by atoms with Crippen LogP contribution in [-0.4, -0.2) is 33.0 Å². The third kappa shape index (κ3) is 5.20. The first-order valence-corrected chi connectivity index (χ1v) is 11.7. The SMILES string of the molecule is C=CCN(c1ccccc1OC)S(=O)(=O)c1ccc(Cl)c(C(=O)OCc2nc(C)c(C)o2)c1. The van der Waals surface area contributed by atoms with E-state index in [1.54, 1.807) is 38.1 Å². The molecule has 1 aromatic heterocycles. The molecule has 1 heterocycles. The van der Waals surface area contributed by atoms with Crippen molar-refractivity contribution in [1.29, 1.82) is 0 Å². The van der Waals surface area contributed by atoms with Gasteiger partial charge in [0.2, 0.25) is 5.89 Å². The smallest absolute Gasteiger partial charge is 0.340 e. The van der Waals surface area contributed by atoms with Gasteiger partial charge in [-0.05, 0) is 44.2 Å². The molecule has 0 aliphatic rings. The molecular weight excluding hydrogens is 468 g/mol. The van der Waals surface area contributed by atoms with E-state index in [4.69, 9.17) is 25.5 Å². The second kappa shape index (κ2) is 10.1. The van der Waals surface area contributed by atoms with Gasteiger partial charge in [0.25, 0.3) is 10.0 Å². The zero-order chi connectivity index (χ0) is 24.2. The second-order valence-corrected chi connectivity index (χ2v) is 9.23. The molecule has 0 radical (unpaired) electrons. The molecule has 0 unspecified atom stereocenters. The third-order valence-corrected chi connectivity index (χ3v) is 6.90. The number of carbonyl (C=O) groups is 1. The number of hydrogen-bond acceptors (Lipinski definition) is 7. The van der Waals surface area contributed by atoms with E-state index in [2.05, 4.69) is 11.6 Å². The fourth-order valence-electron chi connectivity index (χ4n) is 3.03. The standard InChI is InChI=1S/C23H23ClN2O6S/c1-5-12-26(20-8-6-7-9-21(20)30-4)33(28,29)17-10-11-19(24)18(13-17)23(27)31-14-22-25-15(2)16(3)32-22/h5-11,13H,1,12,14H2,2-4H3. The van der Waals surface area contributed by atoms with Crippen LogP contribution in [0, 0.1) is 13.8 Å². The molecule has 3 aromatic rings. The number of ether oxygens (including phenoxy) is 2. The first-order chi connectivity index (χ1) is 15.7. The number of aromatic nitrogens is 1. The summed E-state index contributed by atoms with van der Waals surface area (Å²) in [7, 11) is -2.66. The van der Waals surface area contributed by atoms with Crippen LogP contribution >= 0.6 is 11.6 Å². The summed E-state index contributed by atoms with van der Waals surface area (Å²) < 4.78 is 44.1. The Balaban J connectivity index is 1.94. The topological polar surface area (TPSA) is 98.9 Å². The number of para-hydroxylation sites is 2. The molecule has 0 aliphatic heterocycles. The maximum absolute atomic E-state index is 13.5. The molecule has 174 valence electrons. The fourth-order valence-corrected chi connectivity index (χ4v) is 4.70. The van der Waals surface area contributed by atoms with E-state index in [1.165, 1.54) is 31.4 Å². The molecule has 0 fully saturated rings. The van der Waals surface area contributed by atoms with Crippen LogP contribution in [0.2, 0.25) is 5.02 Å². The van der Waals surface area contributed by atoms with Crippen molar-refractivity contribution < 1.29 is 27.1 Å². The number of esters is 1. The average Bonchev–Trinajstić information content (AvgIpc) is 3.13. The van der Waals surface area contributed by atoms with E-state index in [0.29, 0.717) is 22.9 Å². The second-order valence-electron chi connectivity index (χ2n) is 6.96. The number of oxazole rings is 1. The Morgan fingerprint density at radius 2 is 1.97 bits per heavy atom. The van der Waals surface area contributed by atoms with Crippen LogP contribution in [0.5, 0.6) is 5.75 Å². The number of benzene rings is 2. The summed E-state index contributed by atoms with van der Waals surface area (Å²) in [6.07, 6.45) is 1.45. The zero-order valence-corrected chi connectivity index (χ0v) is 19.9. The van der Waals surface area contributed by atoms with Crippen LogP contribution in [0.4, 0.5) is 5.69 Å². The number of hydrogen-bond donors (Lipinski definition) is 0. The molecule has 0 saturated heterocycles. The first kappa shape index (κ1) is 24.3. The van der Waals surface area contributed by atoms with E-state index >= 15 is 0 Å². The van der Waals surface area contributed by atoms with Crippen molar-refractivity contribution in [1.82, 2.24) is 4.98 Å². The van der Waals surface area contributed by atoms with Gasteiger partial charge in [0.1, 0.15) is 11.5 Å². The highest BCUT2D eigenvalue weighted by Crippen LogP contribution is 2.33. The van der Waals surface area contributed by atoms with Crippen molar-refractivity contribution in [2.24, 2.45) is 0 Å². The normalized spacial score (nSPS) is 11.2. The van der Waals surface area contributed by atoms with Crippen LogP contribution in [0.1, 0.15) is 27.7 Å². The Morgan fingerprint density at radius 3 is 2.61 bits per heavy atom. The molecule has 0 N–H and O–H groups in total. The highest BCUT2D eigenvalue weighted by Gasteiger charge is 2.28. The average molecular weight is 491 g/mol. The number of halogens is 1. The summed E-state index contributed by atoms with van der Waals surface area (Å²) in [4.78, 5) is 16.7. The number of aryl methyl sites for hydroxylation is 2. The molecule has 0 bridgehead atoms. The maximum Gasteiger partial charge on any atom is 0.340 e. The van der Waals surface area contributed by atoms with Gasteiger partial charge in [0.05, 0.1) is 40.5 Å². The monoisotopic (exact) mass is 490 g/mol. The van der Waals surface area contributed by atoms with Crippen molar-refractivity contribution in [2.45, 2.75) is 25.3 Å². The summed E-state index contributed by atoms with van der Waals surface area (Å²) in [5.41, 5.74) is 0.913. The van der Waals surface area contributed by atoms with Crippen LogP contribution in [-0.2, 0) is 21.4 Å². The van der Waals surface area contributed by atoms with E-state index in [1.807, 2.05) is 0 Å². The van der Waals surface area contributed by atoms with Gasteiger partial charge in [-0.3, -0.25) is 4.31 Å². The predicted octanol–water partition coefficient (Wildman–Crippen LogP) is 4.69. The lowest BCUT2D eigenvalue weighted by atomic mass is 10.2. The minimum atomic E-state index is -4.11. The number of anilines is 1. The molecule has 0 amide bonds. The van der Waals surface area contributed by atoms with Crippen molar-refractivity contribution in [2.75, 3.05) is 18.0 Å². The molecule has 10 heteroatoms. The van der Waals surface area contributed by atoms with Crippen molar-refractivity contribution in [3.8, 4) is 5.75 Å². The molecule has 33 heavy (non-hydrogen) atoms. The molecule has 8 nitrogen and oxygen atoms in total. The Labute approximate surface area is 197 Å². The zero-order valence-electron chi connectivity index (χ0n) is 18.4. The number of sulfonamides is 1. The lowest BCUT2D eigenvalue weighted by Gasteiger charge is -2.25. The highest BCUT2D eigenvalue weighted by molar-refractivity contribution is 7.92. The van der Waals surface area contributed by atoms with E-state index in [-0.39, 0.29) is 34.5 Å². The summed E-state index contributed by atoms with van der Waals surface area (Å²) >= 11 is 6.17. The van der Waals surface area contributed by atoms with Gasteiger partial charge in [-0.25, -0.2) is 18.2 Å². The molecule has 0 spiro atoms. The van der Waals surface area contributed by atoms with Gasteiger partial charge in [0.15, 0.2) is 6.61 Å². The van der Waals surface area contributed by atoms with Crippen LogP contribution in [0.25, 0.3) is 0 Å². The molecule has 0 aliphatic carbocycles. The third-order valence-electron chi connectivity index (χ3n) is 4.79. The molecular formula is C23H23ClN2O6S. The Kier molecular flexibility index (Phi) is 7.45. The van der Waals surface area contributed by atoms with Gasteiger partial charge in [0, 0.05) is 0 Å². The highest BCUT2D eigenvalue weighted by atomic mass is 35.5. The van der Waals surface area contributed by atoms with E-state index < -0.39 is 16.0 Å². The van der Waals surface area contributed by atoms with Gasteiger partial charge in [-0.1, -0.05) is 29.8 Å². The van der Waals surface area contributed by atoms with E-state index in [9.17, 15) is 13.2 Å². The molecule has 0 atom stereocenters. The van der Waals surface area contributed by atoms with Gasteiger partial charge >= 0.3 is 5.97 Å². The molecule has 0 saturated carbocycles. The first-order valence-electron chi connectivity index (χ1n) is 9.85. The number of methoxy groups -OCH3 is 1. The quantitative estimate of drug-likeness (QED) is 0.317. The van der Waals surface area contributed by atoms with Crippen LogP contribution < -0.4 is 9.04 Å². The molecule has 2 aromatic carbocycles. The maximum atomic E-state index is 13.5. The Morgan fingerprint density at radius 1 is 1.24 bits per heavy atom. The minimum absolute atomic E-state index is 0.0199. The number of rotatable bonds is 9. The lowest BCUT2D eigenvalue weighted by molar-refractivity contribution is 0.0437.